The molecular weight excluding hydrogens is 282 g/mol. The summed E-state index contributed by atoms with van der Waals surface area (Å²) in [6.45, 7) is 3.06. The lowest BCUT2D eigenvalue weighted by Crippen LogP contribution is -2.25. The average Bonchev–Trinajstić information content (AvgIpc) is 3.25. The van der Waals surface area contributed by atoms with Crippen LogP contribution in [0.3, 0.4) is 0 Å². The van der Waals surface area contributed by atoms with E-state index in [-0.39, 0.29) is 5.91 Å². The number of amides is 1. The van der Waals surface area contributed by atoms with Crippen molar-refractivity contribution in [2.24, 2.45) is 0 Å². The van der Waals surface area contributed by atoms with E-state index in [0.29, 0.717) is 36.0 Å². The molecule has 0 saturated heterocycles. The van der Waals surface area contributed by atoms with E-state index in [1.807, 2.05) is 19.1 Å². The van der Waals surface area contributed by atoms with Gasteiger partial charge in [0.15, 0.2) is 5.76 Å². The number of hydrogen-bond acceptors (Lipinski definition) is 4. The minimum atomic E-state index is -0.185. The van der Waals surface area contributed by atoms with Crippen LogP contribution in [0.25, 0.3) is 11.5 Å². The number of nitrogens with one attached hydrogen (secondary N) is 1. The molecule has 22 heavy (non-hydrogen) atoms. The lowest BCUT2D eigenvalue weighted by molar-refractivity contribution is 0.0937. The Morgan fingerprint density at radius 2 is 2.09 bits per heavy atom. The predicted octanol–water partition coefficient (Wildman–Crippen LogP) is 3.08. The summed E-state index contributed by atoms with van der Waals surface area (Å²) in [4.78, 5) is 12.4. The lowest BCUT2D eigenvalue weighted by atomic mass is 10.3. The van der Waals surface area contributed by atoms with Crippen LogP contribution in [-0.2, 0) is 13.1 Å². The van der Waals surface area contributed by atoms with Gasteiger partial charge < -0.3 is 14.2 Å². The first-order chi connectivity index (χ1) is 10.8. The van der Waals surface area contributed by atoms with Crippen LogP contribution in [0.5, 0.6) is 0 Å². The number of rotatable bonds is 6. The van der Waals surface area contributed by atoms with Crippen molar-refractivity contribution in [1.29, 1.82) is 0 Å². The van der Waals surface area contributed by atoms with E-state index in [0.717, 1.165) is 6.42 Å². The van der Waals surface area contributed by atoms with Crippen molar-refractivity contribution in [3.05, 3.63) is 54.3 Å². The molecule has 3 heterocycles. The number of carbonyl (C=O) groups is 1. The largest absolute Gasteiger partial charge is 0.467 e. The number of carbonyl (C=O) groups excluding carboxylic acids is 1. The normalized spacial score (nSPS) is 10.8. The van der Waals surface area contributed by atoms with Crippen molar-refractivity contribution in [2.45, 2.75) is 26.4 Å². The molecule has 0 unspecified atom stereocenters. The zero-order valence-corrected chi connectivity index (χ0v) is 12.3. The second-order valence-electron chi connectivity index (χ2n) is 4.88. The molecule has 0 aliphatic rings. The van der Waals surface area contributed by atoms with Gasteiger partial charge in [0.25, 0.3) is 5.91 Å². The molecule has 0 spiro atoms. The van der Waals surface area contributed by atoms with E-state index in [1.165, 1.54) is 0 Å². The zero-order chi connectivity index (χ0) is 15.4. The quantitative estimate of drug-likeness (QED) is 0.759. The van der Waals surface area contributed by atoms with E-state index in [9.17, 15) is 4.79 Å². The summed E-state index contributed by atoms with van der Waals surface area (Å²) in [6.07, 6.45) is 4.06. The van der Waals surface area contributed by atoms with Crippen molar-refractivity contribution in [1.82, 2.24) is 15.1 Å². The first-order valence-corrected chi connectivity index (χ1v) is 7.20. The fourth-order valence-electron chi connectivity index (χ4n) is 2.20. The molecule has 3 aromatic heterocycles. The van der Waals surface area contributed by atoms with Crippen LogP contribution in [0.1, 0.15) is 29.6 Å². The fraction of sp³-hybridized carbons (Fsp3) is 0.250. The van der Waals surface area contributed by atoms with Gasteiger partial charge in [-0.05, 0) is 30.7 Å². The maximum Gasteiger partial charge on any atom is 0.269 e. The van der Waals surface area contributed by atoms with Gasteiger partial charge in [-0.3, -0.25) is 9.48 Å². The van der Waals surface area contributed by atoms with Crippen molar-refractivity contribution in [2.75, 3.05) is 0 Å². The molecule has 114 valence electrons. The third-order valence-electron chi connectivity index (χ3n) is 3.22. The third-order valence-corrected chi connectivity index (χ3v) is 3.22. The highest BCUT2D eigenvalue weighted by atomic mass is 16.3. The van der Waals surface area contributed by atoms with Gasteiger partial charge in [-0.15, -0.1) is 0 Å². The van der Waals surface area contributed by atoms with Gasteiger partial charge in [-0.25, -0.2) is 0 Å². The maximum absolute atomic E-state index is 12.4. The smallest absolute Gasteiger partial charge is 0.269 e. The molecule has 6 nitrogen and oxygen atoms in total. The highest BCUT2D eigenvalue weighted by Crippen LogP contribution is 2.20. The molecule has 0 aliphatic heterocycles. The summed E-state index contributed by atoms with van der Waals surface area (Å²) >= 11 is 0. The molecule has 3 aromatic rings. The van der Waals surface area contributed by atoms with E-state index >= 15 is 0 Å². The number of aryl methyl sites for hydroxylation is 1. The van der Waals surface area contributed by atoms with E-state index in [1.54, 1.807) is 35.4 Å². The lowest BCUT2D eigenvalue weighted by Gasteiger charge is -2.06. The molecule has 1 N–H and O–H groups in total. The number of furan rings is 2. The number of hydrogen-bond donors (Lipinski definition) is 1. The van der Waals surface area contributed by atoms with Gasteiger partial charge in [0, 0.05) is 12.6 Å². The van der Waals surface area contributed by atoms with Gasteiger partial charge in [-0.2, -0.15) is 5.10 Å². The third kappa shape index (κ3) is 2.95. The van der Waals surface area contributed by atoms with Gasteiger partial charge in [0.05, 0.1) is 19.1 Å². The van der Waals surface area contributed by atoms with Gasteiger partial charge in [-0.1, -0.05) is 6.92 Å². The molecule has 0 aliphatic carbocycles. The molecule has 0 saturated carbocycles. The molecule has 3 rings (SSSR count). The van der Waals surface area contributed by atoms with Crippen LogP contribution in [0.2, 0.25) is 0 Å². The second-order valence-corrected chi connectivity index (χ2v) is 4.88. The number of nitrogens with zero attached hydrogens (tertiary/aromatic N) is 2. The van der Waals surface area contributed by atoms with Gasteiger partial charge in [0.1, 0.15) is 17.1 Å². The second kappa shape index (κ2) is 6.34. The van der Waals surface area contributed by atoms with Crippen molar-refractivity contribution in [3.8, 4) is 11.5 Å². The summed E-state index contributed by atoms with van der Waals surface area (Å²) in [5, 5.41) is 7.28. The zero-order valence-electron chi connectivity index (χ0n) is 12.3. The predicted molar refractivity (Wildman–Crippen MR) is 80.1 cm³/mol. The summed E-state index contributed by atoms with van der Waals surface area (Å²) in [6, 6.07) is 8.97. The molecule has 0 radical (unpaired) electrons. The first kappa shape index (κ1) is 14.2. The Morgan fingerprint density at radius 3 is 2.77 bits per heavy atom. The molecule has 0 aromatic carbocycles. The minimum Gasteiger partial charge on any atom is -0.467 e. The Labute approximate surface area is 127 Å². The first-order valence-electron chi connectivity index (χ1n) is 7.20. The van der Waals surface area contributed by atoms with Crippen LogP contribution in [0.4, 0.5) is 0 Å². The highest BCUT2D eigenvalue weighted by molar-refractivity contribution is 5.93. The summed E-state index contributed by atoms with van der Waals surface area (Å²) in [5.74, 6) is 1.17. The summed E-state index contributed by atoms with van der Waals surface area (Å²) in [7, 11) is 0. The van der Waals surface area contributed by atoms with E-state index < -0.39 is 0 Å². The Kier molecular flexibility index (Phi) is 4.09. The molecule has 0 atom stereocenters. The Balaban J connectivity index is 1.80. The molecule has 0 bridgehead atoms. The molecule has 0 fully saturated rings. The maximum atomic E-state index is 12.4. The standard InChI is InChI=1S/C16H17N3O3/c1-2-7-19-14(10-13(18-19)15-6-4-9-22-15)16(20)17-11-12-5-3-8-21-12/h3-6,8-10H,2,7,11H2,1H3,(H,17,20). The topological polar surface area (TPSA) is 73.2 Å². The monoisotopic (exact) mass is 299 g/mol. The average molecular weight is 299 g/mol. The molecular formula is C16H17N3O3. The van der Waals surface area contributed by atoms with Crippen molar-refractivity contribution < 1.29 is 13.6 Å². The van der Waals surface area contributed by atoms with E-state index in [4.69, 9.17) is 8.83 Å². The van der Waals surface area contributed by atoms with Crippen LogP contribution in [0.15, 0.2) is 51.7 Å². The van der Waals surface area contributed by atoms with Crippen LogP contribution >= 0.6 is 0 Å². The Bertz CT molecular complexity index is 727. The minimum absolute atomic E-state index is 0.185. The summed E-state index contributed by atoms with van der Waals surface area (Å²) in [5.41, 5.74) is 1.17. The SMILES string of the molecule is CCCn1nc(-c2ccco2)cc1C(=O)NCc1ccco1. The Hall–Kier alpha value is -2.76. The summed E-state index contributed by atoms with van der Waals surface area (Å²) < 4.78 is 12.3. The number of aromatic nitrogens is 2. The van der Waals surface area contributed by atoms with Crippen molar-refractivity contribution >= 4 is 5.91 Å². The van der Waals surface area contributed by atoms with E-state index in [2.05, 4.69) is 10.4 Å². The van der Waals surface area contributed by atoms with Crippen molar-refractivity contribution in [3.63, 3.8) is 0 Å². The van der Waals surface area contributed by atoms with Gasteiger partial charge >= 0.3 is 0 Å². The highest BCUT2D eigenvalue weighted by Gasteiger charge is 2.17. The van der Waals surface area contributed by atoms with Gasteiger partial charge in [0.2, 0.25) is 0 Å². The fourth-order valence-corrected chi connectivity index (χ4v) is 2.20. The molecule has 1 amide bonds. The van der Waals surface area contributed by atoms with Crippen LogP contribution in [-0.4, -0.2) is 15.7 Å². The molecule has 6 heteroatoms. The Morgan fingerprint density at radius 1 is 1.27 bits per heavy atom. The van der Waals surface area contributed by atoms with Crippen LogP contribution in [0, 0.1) is 0 Å². The van der Waals surface area contributed by atoms with Crippen LogP contribution < -0.4 is 5.32 Å².